The molecule has 1 N–H and O–H groups in total. The van der Waals surface area contributed by atoms with Crippen molar-refractivity contribution in [3.63, 3.8) is 0 Å². The lowest BCUT2D eigenvalue weighted by Crippen LogP contribution is -2.11. The molecule has 0 aliphatic carbocycles. The minimum Gasteiger partial charge on any atom is -0.371 e. The Bertz CT molecular complexity index is 1220. The highest BCUT2D eigenvalue weighted by Crippen LogP contribution is 2.36. The van der Waals surface area contributed by atoms with Crippen molar-refractivity contribution in [2.45, 2.75) is 20.0 Å². The van der Waals surface area contributed by atoms with Crippen molar-refractivity contribution < 1.29 is 13.2 Å². The van der Waals surface area contributed by atoms with Crippen LogP contribution >= 0.6 is 0 Å². The zero-order valence-electron chi connectivity index (χ0n) is 15.9. The van der Waals surface area contributed by atoms with Crippen molar-refractivity contribution in [1.82, 2.24) is 39.3 Å². The molecule has 0 fully saturated rings. The second kappa shape index (κ2) is 6.50. The van der Waals surface area contributed by atoms with E-state index in [4.69, 9.17) is 0 Å². The first kappa shape index (κ1) is 18.8. The van der Waals surface area contributed by atoms with Gasteiger partial charge in [-0.25, -0.2) is 19.5 Å². The number of halogens is 3. The third-order valence-corrected chi connectivity index (χ3v) is 4.49. The number of nitrogens with one attached hydrogen (secondary N) is 1. The first-order valence-corrected chi connectivity index (χ1v) is 8.54. The number of anilines is 1. The van der Waals surface area contributed by atoms with Gasteiger partial charge in [0.2, 0.25) is 0 Å². The summed E-state index contributed by atoms with van der Waals surface area (Å²) in [5, 5.41) is 11.5. The van der Waals surface area contributed by atoms with Crippen molar-refractivity contribution in [2.24, 2.45) is 7.05 Å². The van der Waals surface area contributed by atoms with Crippen LogP contribution in [-0.2, 0) is 13.2 Å². The van der Waals surface area contributed by atoms with Gasteiger partial charge >= 0.3 is 6.18 Å². The van der Waals surface area contributed by atoms with E-state index in [0.717, 1.165) is 6.20 Å². The van der Waals surface area contributed by atoms with E-state index in [0.29, 0.717) is 34.1 Å². The first-order chi connectivity index (χ1) is 13.7. The normalized spacial score (nSPS) is 12.0. The summed E-state index contributed by atoms with van der Waals surface area (Å²) in [5.74, 6) is 1.18. The predicted octanol–water partition coefficient (Wildman–Crippen LogP) is 2.66. The highest BCUT2D eigenvalue weighted by atomic mass is 19.4. The fourth-order valence-electron chi connectivity index (χ4n) is 3.19. The zero-order valence-corrected chi connectivity index (χ0v) is 15.9. The van der Waals surface area contributed by atoms with Gasteiger partial charge in [-0.1, -0.05) is 0 Å². The van der Waals surface area contributed by atoms with Crippen molar-refractivity contribution in [1.29, 1.82) is 0 Å². The summed E-state index contributed by atoms with van der Waals surface area (Å²) in [7, 11) is 3.41. The Balaban J connectivity index is 1.97. The van der Waals surface area contributed by atoms with Crippen LogP contribution in [0.3, 0.4) is 0 Å². The van der Waals surface area contributed by atoms with E-state index >= 15 is 0 Å². The van der Waals surface area contributed by atoms with Gasteiger partial charge in [0.15, 0.2) is 11.5 Å². The van der Waals surface area contributed by atoms with Gasteiger partial charge in [-0.2, -0.15) is 23.4 Å². The molecule has 0 unspecified atom stereocenters. The van der Waals surface area contributed by atoms with Gasteiger partial charge in [-0.15, -0.1) is 0 Å². The monoisotopic (exact) mass is 403 g/mol. The third kappa shape index (κ3) is 2.96. The van der Waals surface area contributed by atoms with Crippen LogP contribution in [0.1, 0.15) is 17.2 Å². The fourth-order valence-corrected chi connectivity index (χ4v) is 3.19. The van der Waals surface area contributed by atoms with E-state index in [-0.39, 0.29) is 11.4 Å². The summed E-state index contributed by atoms with van der Waals surface area (Å²) < 4.78 is 42.1. The number of aryl methyl sites for hydroxylation is 3. The van der Waals surface area contributed by atoms with Gasteiger partial charge < -0.3 is 5.32 Å². The number of imidazole rings is 1. The Kier molecular flexibility index (Phi) is 4.21. The maximum absolute atomic E-state index is 13.0. The molecule has 12 heteroatoms. The zero-order chi connectivity index (χ0) is 20.9. The molecule has 4 aromatic heterocycles. The van der Waals surface area contributed by atoms with Crippen molar-refractivity contribution in [2.75, 3.05) is 12.4 Å². The number of nitrogens with zero attached hydrogens (tertiary/aromatic N) is 8. The molecule has 4 rings (SSSR count). The van der Waals surface area contributed by atoms with Crippen LogP contribution in [0.25, 0.3) is 28.2 Å². The number of alkyl halides is 3. The molecular formula is C17H16F3N9. The number of aromatic nitrogens is 8. The van der Waals surface area contributed by atoms with Crippen LogP contribution in [0, 0.1) is 13.8 Å². The van der Waals surface area contributed by atoms with E-state index in [1.54, 1.807) is 31.7 Å². The highest BCUT2D eigenvalue weighted by Gasteiger charge is 2.34. The van der Waals surface area contributed by atoms with Crippen molar-refractivity contribution in [3.05, 3.63) is 35.9 Å². The Morgan fingerprint density at radius 3 is 2.41 bits per heavy atom. The average Bonchev–Trinajstić information content (AvgIpc) is 3.21. The van der Waals surface area contributed by atoms with Gasteiger partial charge in [0.1, 0.15) is 29.1 Å². The summed E-state index contributed by atoms with van der Waals surface area (Å²) in [6, 6.07) is 0. The molecular weight excluding hydrogens is 387 g/mol. The van der Waals surface area contributed by atoms with E-state index in [1.165, 1.54) is 17.9 Å². The van der Waals surface area contributed by atoms with Crippen LogP contribution in [0.4, 0.5) is 19.0 Å². The molecule has 0 spiro atoms. The molecule has 0 aliphatic rings. The quantitative estimate of drug-likeness (QED) is 0.561. The molecule has 4 heterocycles. The standard InChI is InChI=1S/C17H16F3N9/c1-8-12(22-6-11(26-8)17(18,19)20)14-10(5-24-28(14)4)13-15-16(21-3)23-7-25-29(15)9(2)27-13/h5-7H,1-4H3,(H,21,23,25). The number of rotatable bonds is 3. The van der Waals surface area contributed by atoms with Gasteiger partial charge in [0.25, 0.3) is 0 Å². The first-order valence-electron chi connectivity index (χ1n) is 8.54. The van der Waals surface area contributed by atoms with Gasteiger partial charge in [0.05, 0.1) is 29.3 Å². The maximum atomic E-state index is 13.0. The third-order valence-electron chi connectivity index (χ3n) is 4.49. The van der Waals surface area contributed by atoms with Gasteiger partial charge in [-0.3, -0.25) is 9.67 Å². The lowest BCUT2D eigenvalue weighted by Gasteiger charge is -2.11. The fraction of sp³-hybridized carbons (Fsp3) is 0.294. The lowest BCUT2D eigenvalue weighted by atomic mass is 10.1. The molecule has 0 aliphatic heterocycles. The van der Waals surface area contributed by atoms with Crippen molar-refractivity contribution >= 4 is 11.3 Å². The van der Waals surface area contributed by atoms with Crippen LogP contribution in [0.2, 0.25) is 0 Å². The molecule has 150 valence electrons. The van der Waals surface area contributed by atoms with E-state index in [2.05, 4.69) is 35.5 Å². The summed E-state index contributed by atoms with van der Waals surface area (Å²) in [6.07, 6.45) is -0.852. The minimum atomic E-state index is -4.57. The maximum Gasteiger partial charge on any atom is 0.434 e. The average molecular weight is 403 g/mol. The van der Waals surface area contributed by atoms with Gasteiger partial charge in [-0.05, 0) is 13.8 Å². The molecule has 4 aromatic rings. The van der Waals surface area contributed by atoms with Crippen LogP contribution < -0.4 is 5.32 Å². The predicted molar refractivity (Wildman–Crippen MR) is 98.0 cm³/mol. The van der Waals surface area contributed by atoms with Crippen molar-refractivity contribution in [3.8, 4) is 22.6 Å². The second-order valence-electron chi connectivity index (χ2n) is 6.34. The van der Waals surface area contributed by atoms with E-state index < -0.39 is 11.9 Å². The number of hydrogen-bond donors (Lipinski definition) is 1. The van der Waals surface area contributed by atoms with E-state index in [1.807, 2.05) is 0 Å². The number of hydrogen-bond acceptors (Lipinski definition) is 7. The molecule has 0 saturated heterocycles. The summed E-state index contributed by atoms with van der Waals surface area (Å²) in [5.41, 5.74) is 1.62. The lowest BCUT2D eigenvalue weighted by molar-refractivity contribution is -0.141. The molecule has 0 aromatic carbocycles. The Morgan fingerprint density at radius 2 is 1.76 bits per heavy atom. The summed E-state index contributed by atoms with van der Waals surface area (Å²) in [6.45, 7) is 3.27. The summed E-state index contributed by atoms with van der Waals surface area (Å²) >= 11 is 0. The largest absolute Gasteiger partial charge is 0.434 e. The minimum absolute atomic E-state index is 0.134. The van der Waals surface area contributed by atoms with Gasteiger partial charge in [0, 0.05) is 14.1 Å². The SMILES string of the molecule is CNc1ncnn2c(C)nc(-c3cnn(C)c3-c3ncc(C(F)(F)F)nc3C)c12. The molecule has 9 nitrogen and oxygen atoms in total. The highest BCUT2D eigenvalue weighted by molar-refractivity contribution is 5.91. The molecule has 0 saturated carbocycles. The summed E-state index contributed by atoms with van der Waals surface area (Å²) in [4.78, 5) is 16.5. The number of fused-ring (bicyclic) bond motifs is 1. The molecule has 0 amide bonds. The van der Waals surface area contributed by atoms with Crippen LogP contribution in [0.5, 0.6) is 0 Å². The second-order valence-corrected chi connectivity index (χ2v) is 6.34. The molecule has 0 atom stereocenters. The Hall–Kier alpha value is -3.57. The molecule has 0 radical (unpaired) electrons. The molecule has 29 heavy (non-hydrogen) atoms. The van der Waals surface area contributed by atoms with Crippen LogP contribution in [0.15, 0.2) is 18.7 Å². The molecule has 0 bridgehead atoms. The smallest absolute Gasteiger partial charge is 0.371 e. The van der Waals surface area contributed by atoms with E-state index in [9.17, 15) is 13.2 Å². The topological polar surface area (TPSA) is 98.7 Å². The Labute approximate surface area is 162 Å². The Morgan fingerprint density at radius 1 is 1.00 bits per heavy atom. The van der Waals surface area contributed by atoms with Crippen LogP contribution in [-0.4, -0.2) is 46.4 Å².